The molecule has 0 radical (unpaired) electrons. The van der Waals surface area contributed by atoms with Crippen molar-refractivity contribution in [2.45, 2.75) is 43.9 Å². The van der Waals surface area contributed by atoms with Crippen LogP contribution in [0.25, 0.3) is 56.4 Å². The second-order valence-electron chi connectivity index (χ2n) is 14.3. The average Bonchev–Trinajstić information content (AvgIpc) is 3.15. The molecule has 4 fully saturated rings. The van der Waals surface area contributed by atoms with Crippen LogP contribution in [0.4, 0.5) is 0 Å². The standard InChI is InChI=1S/C44H36N4/c45-28-32-21-39(24-40(22-32)44-25-29-18-30(26-44)20-31(19-29)27-44)43-47-41(36-16-14-35(15-17-36)33-8-3-1-4-9-33)46-42(48-43)38-13-7-12-37(23-38)34-10-5-2-6-11-34/h1-17,21-24,29-31H,18-20,25-27H2/t29-,30+,31?,44?. The van der Waals surface area contributed by atoms with Crippen molar-refractivity contribution >= 4 is 0 Å². The number of nitrogens with zero attached hydrogens (tertiary/aromatic N) is 4. The van der Waals surface area contributed by atoms with Crippen molar-refractivity contribution in [3.63, 3.8) is 0 Å². The Bertz CT molecular complexity index is 2130. The monoisotopic (exact) mass is 620 g/mol. The van der Waals surface area contributed by atoms with Crippen LogP contribution < -0.4 is 0 Å². The van der Waals surface area contributed by atoms with Crippen molar-refractivity contribution in [1.29, 1.82) is 5.26 Å². The number of rotatable bonds is 6. The molecule has 0 amide bonds. The van der Waals surface area contributed by atoms with Gasteiger partial charge >= 0.3 is 0 Å². The molecule has 0 spiro atoms. The van der Waals surface area contributed by atoms with Crippen LogP contribution in [-0.4, -0.2) is 15.0 Å². The molecule has 4 aliphatic rings. The van der Waals surface area contributed by atoms with Gasteiger partial charge in [-0.3, -0.25) is 0 Å². The van der Waals surface area contributed by atoms with Gasteiger partial charge in [0.15, 0.2) is 17.5 Å². The topological polar surface area (TPSA) is 62.5 Å². The van der Waals surface area contributed by atoms with E-state index in [9.17, 15) is 5.26 Å². The van der Waals surface area contributed by atoms with Crippen LogP contribution in [0.15, 0.2) is 127 Å². The Labute approximate surface area is 282 Å². The van der Waals surface area contributed by atoms with Crippen LogP contribution in [0, 0.1) is 29.1 Å². The van der Waals surface area contributed by atoms with Crippen LogP contribution in [-0.2, 0) is 5.41 Å². The van der Waals surface area contributed by atoms with Gasteiger partial charge in [0.1, 0.15) is 0 Å². The quantitative estimate of drug-likeness (QED) is 0.186. The SMILES string of the molecule is N#Cc1cc(-c2nc(-c3ccc(-c4ccccc4)cc3)nc(-c3cccc(-c4ccccc4)c3)n2)cc(C23CC4C[C@H](C2)C[C@@H](C4)C3)c1. The first-order valence-corrected chi connectivity index (χ1v) is 17.2. The van der Waals surface area contributed by atoms with Crippen LogP contribution >= 0.6 is 0 Å². The summed E-state index contributed by atoms with van der Waals surface area (Å²) < 4.78 is 0. The van der Waals surface area contributed by atoms with Crippen molar-refractivity contribution in [1.82, 2.24) is 15.0 Å². The van der Waals surface area contributed by atoms with Crippen molar-refractivity contribution in [3.8, 4) is 62.5 Å². The first kappa shape index (κ1) is 28.8. The van der Waals surface area contributed by atoms with Gasteiger partial charge in [-0.1, -0.05) is 103 Å². The summed E-state index contributed by atoms with van der Waals surface area (Å²) in [5.41, 5.74) is 9.47. The second kappa shape index (κ2) is 11.7. The van der Waals surface area contributed by atoms with Gasteiger partial charge in [0.05, 0.1) is 11.6 Å². The Balaban J connectivity index is 1.18. The number of hydrogen-bond donors (Lipinski definition) is 0. The Morgan fingerprint density at radius 2 is 0.938 bits per heavy atom. The largest absolute Gasteiger partial charge is 0.208 e. The van der Waals surface area contributed by atoms with Crippen LogP contribution in [0.1, 0.15) is 49.7 Å². The molecule has 4 nitrogen and oxygen atoms in total. The fraction of sp³-hybridized carbons (Fsp3) is 0.227. The van der Waals surface area contributed by atoms with E-state index in [0.717, 1.165) is 51.1 Å². The number of aromatic nitrogens is 3. The maximum Gasteiger partial charge on any atom is 0.164 e. The number of nitriles is 1. The average molecular weight is 621 g/mol. The normalized spacial score (nSPS) is 22.4. The molecule has 232 valence electrons. The van der Waals surface area contributed by atoms with Crippen molar-refractivity contribution in [2.75, 3.05) is 0 Å². The molecular formula is C44H36N4. The molecule has 6 aromatic rings. The zero-order valence-electron chi connectivity index (χ0n) is 26.9. The summed E-state index contributed by atoms with van der Waals surface area (Å²) >= 11 is 0. The van der Waals surface area contributed by atoms with Gasteiger partial charge in [0.25, 0.3) is 0 Å². The zero-order valence-corrected chi connectivity index (χ0v) is 26.9. The van der Waals surface area contributed by atoms with Gasteiger partial charge < -0.3 is 0 Å². The third-order valence-corrected chi connectivity index (χ3v) is 11.1. The molecule has 4 saturated carbocycles. The molecule has 10 rings (SSSR count). The Morgan fingerprint density at radius 3 is 1.54 bits per heavy atom. The van der Waals surface area contributed by atoms with Crippen molar-refractivity contribution in [3.05, 3.63) is 139 Å². The molecule has 48 heavy (non-hydrogen) atoms. The maximum atomic E-state index is 10.2. The van der Waals surface area contributed by atoms with Gasteiger partial charge in [0.2, 0.25) is 0 Å². The van der Waals surface area contributed by atoms with E-state index in [1.807, 2.05) is 18.2 Å². The smallest absolute Gasteiger partial charge is 0.164 e. The van der Waals surface area contributed by atoms with Crippen molar-refractivity contribution < 1.29 is 0 Å². The summed E-state index contributed by atoms with van der Waals surface area (Å²) in [6.45, 7) is 0. The summed E-state index contributed by atoms with van der Waals surface area (Å²) in [4.78, 5) is 15.3. The van der Waals surface area contributed by atoms with Gasteiger partial charge in [-0.05, 0) is 114 Å². The van der Waals surface area contributed by atoms with E-state index in [-0.39, 0.29) is 5.41 Å². The lowest BCUT2D eigenvalue weighted by Gasteiger charge is -2.57. The van der Waals surface area contributed by atoms with E-state index in [0.29, 0.717) is 23.0 Å². The molecule has 0 aliphatic heterocycles. The highest BCUT2D eigenvalue weighted by molar-refractivity contribution is 5.74. The predicted octanol–water partition coefficient (Wildman–Crippen LogP) is 10.5. The molecule has 4 aliphatic carbocycles. The molecule has 0 N–H and O–H groups in total. The van der Waals surface area contributed by atoms with E-state index in [1.165, 1.54) is 49.7 Å². The third kappa shape index (κ3) is 5.30. The molecule has 4 bridgehead atoms. The van der Waals surface area contributed by atoms with E-state index in [4.69, 9.17) is 15.0 Å². The highest BCUT2D eigenvalue weighted by Crippen LogP contribution is 2.61. The lowest BCUT2D eigenvalue weighted by atomic mass is 9.48. The Morgan fingerprint density at radius 1 is 0.458 bits per heavy atom. The lowest BCUT2D eigenvalue weighted by molar-refractivity contribution is -0.00518. The minimum Gasteiger partial charge on any atom is -0.208 e. The maximum absolute atomic E-state index is 10.2. The number of hydrogen-bond acceptors (Lipinski definition) is 4. The minimum atomic E-state index is 0.159. The molecule has 0 saturated heterocycles. The van der Waals surface area contributed by atoms with Gasteiger partial charge in [0, 0.05) is 16.7 Å². The van der Waals surface area contributed by atoms with Crippen LogP contribution in [0.5, 0.6) is 0 Å². The molecule has 4 heteroatoms. The second-order valence-corrected chi connectivity index (χ2v) is 14.3. The van der Waals surface area contributed by atoms with Gasteiger partial charge in [-0.2, -0.15) is 5.26 Å². The van der Waals surface area contributed by atoms with Crippen LogP contribution in [0.2, 0.25) is 0 Å². The molecule has 1 heterocycles. The van der Waals surface area contributed by atoms with Gasteiger partial charge in [-0.15, -0.1) is 0 Å². The molecule has 1 aromatic heterocycles. The molecule has 5 aromatic carbocycles. The van der Waals surface area contributed by atoms with E-state index in [1.54, 1.807) is 0 Å². The predicted molar refractivity (Wildman–Crippen MR) is 192 cm³/mol. The highest BCUT2D eigenvalue weighted by atomic mass is 15.0. The summed E-state index contributed by atoms with van der Waals surface area (Å²) in [5.74, 6) is 4.30. The van der Waals surface area contributed by atoms with Crippen molar-refractivity contribution in [2.24, 2.45) is 17.8 Å². The zero-order chi connectivity index (χ0) is 32.1. The van der Waals surface area contributed by atoms with Gasteiger partial charge in [-0.25, -0.2) is 15.0 Å². The fourth-order valence-corrected chi connectivity index (χ4v) is 9.27. The summed E-state index contributed by atoms with van der Waals surface area (Å²) in [7, 11) is 0. The lowest BCUT2D eigenvalue weighted by Crippen LogP contribution is -2.48. The minimum absolute atomic E-state index is 0.159. The summed E-state index contributed by atoms with van der Waals surface area (Å²) in [5, 5.41) is 10.2. The first-order valence-electron chi connectivity index (χ1n) is 17.2. The fourth-order valence-electron chi connectivity index (χ4n) is 9.27. The molecular weight excluding hydrogens is 585 g/mol. The third-order valence-electron chi connectivity index (χ3n) is 11.1. The van der Waals surface area contributed by atoms with E-state index in [2.05, 4.69) is 115 Å². The van der Waals surface area contributed by atoms with Crippen LogP contribution in [0.3, 0.4) is 0 Å². The Kier molecular flexibility index (Phi) is 7.01. The highest BCUT2D eigenvalue weighted by Gasteiger charge is 2.51. The van der Waals surface area contributed by atoms with E-state index < -0.39 is 0 Å². The summed E-state index contributed by atoms with van der Waals surface area (Å²) in [6, 6.07) is 46.6. The summed E-state index contributed by atoms with van der Waals surface area (Å²) in [6.07, 6.45) is 7.86. The van der Waals surface area contributed by atoms with E-state index >= 15 is 0 Å². The molecule has 0 atom stereocenters. The Hall–Kier alpha value is -5.40. The number of benzene rings is 5. The first-order chi connectivity index (χ1) is 23.6. The molecule has 0 unspecified atom stereocenters.